The van der Waals surface area contributed by atoms with Crippen molar-refractivity contribution in [1.29, 1.82) is 0 Å². The summed E-state index contributed by atoms with van der Waals surface area (Å²) in [5.74, 6) is -0.248. The number of halogens is 3. The minimum Gasteiger partial charge on any atom is -0.379 e. The van der Waals surface area contributed by atoms with Gasteiger partial charge in [0.05, 0.1) is 24.8 Å². The van der Waals surface area contributed by atoms with Crippen LogP contribution in [-0.4, -0.2) is 48.6 Å². The summed E-state index contributed by atoms with van der Waals surface area (Å²) in [6.07, 6.45) is -1.31. The number of hydrogen-bond donors (Lipinski definition) is 1. The van der Waals surface area contributed by atoms with Gasteiger partial charge in [-0.2, -0.15) is 13.2 Å². The molecule has 1 atom stereocenters. The molecule has 1 N–H and O–H groups in total. The highest BCUT2D eigenvalue weighted by molar-refractivity contribution is 5.93. The first-order valence-corrected chi connectivity index (χ1v) is 8.62. The molecule has 8 heteroatoms. The lowest BCUT2D eigenvalue weighted by atomic mass is 10.0. The Morgan fingerprint density at radius 3 is 2.33 bits per heavy atom. The van der Waals surface area contributed by atoms with Crippen molar-refractivity contribution in [3.63, 3.8) is 0 Å². The molecule has 0 spiro atoms. The molecule has 0 radical (unpaired) electrons. The molecule has 0 saturated carbocycles. The Hall–Kier alpha value is -2.45. The Bertz CT molecular complexity index is 745. The summed E-state index contributed by atoms with van der Waals surface area (Å²) in [5, 5.41) is 2.87. The van der Waals surface area contributed by atoms with Crippen molar-refractivity contribution >= 4 is 5.91 Å². The molecule has 1 aliphatic heterocycles. The SMILES string of the molecule is O=C(NC[C@@H](c1ccc(C(F)(F)F)cc1)N1CCOCC1)c1ccncc1. The number of morpholine rings is 1. The fourth-order valence-electron chi connectivity index (χ4n) is 3.04. The summed E-state index contributed by atoms with van der Waals surface area (Å²) in [6.45, 7) is 2.69. The molecule has 1 saturated heterocycles. The number of ether oxygens (including phenoxy) is 1. The number of pyridine rings is 1. The van der Waals surface area contributed by atoms with Gasteiger partial charge in [0.25, 0.3) is 5.91 Å². The number of hydrogen-bond acceptors (Lipinski definition) is 4. The Kier molecular flexibility index (Phi) is 6.08. The Morgan fingerprint density at radius 1 is 1.11 bits per heavy atom. The zero-order valence-electron chi connectivity index (χ0n) is 14.6. The predicted octanol–water partition coefficient (Wildman–Crippen LogP) is 2.90. The molecule has 5 nitrogen and oxygen atoms in total. The zero-order chi connectivity index (χ0) is 19.3. The molecule has 1 aromatic heterocycles. The van der Waals surface area contributed by atoms with E-state index in [-0.39, 0.29) is 18.5 Å². The summed E-state index contributed by atoms with van der Waals surface area (Å²) < 4.78 is 43.8. The lowest BCUT2D eigenvalue weighted by Gasteiger charge is -2.35. The molecule has 1 fully saturated rings. The van der Waals surface area contributed by atoms with E-state index in [1.54, 1.807) is 12.1 Å². The molecule has 1 amide bonds. The highest BCUT2D eigenvalue weighted by atomic mass is 19.4. The molecule has 0 bridgehead atoms. The monoisotopic (exact) mass is 379 g/mol. The fraction of sp³-hybridized carbons (Fsp3) is 0.368. The second kappa shape index (κ2) is 8.49. The number of rotatable bonds is 5. The molecule has 0 aliphatic carbocycles. The van der Waals surface area contributed by atoms with Gasteiger partial charge >= 0.3 is 6.18 Å². The van der Waals surface area contributed by atoms with Crippen LogP contribution in [0.4, 0.5) is 13.2 Å². The normalized spacial score (nSPS) is 16.7. The van der Waals surface area contributed by atoms with E-state index >= 15 is 0 Å². The summed E-state index contributed by atoms with van der Waals surface area (Å²) >= 11 is 0. The van der Waals surface area contributed by atoms with E-state index in [1.165, 1.54) is 24.5 Å². The number of alkyl halides is 3. The molecule has 1 aromatic carbocycles. The van der Waals surface area contributed by atoms with Gasteiger partial charge in [0.2, 0.25) is 0 Å². The third kappa shape index (κ3) is 5.05. The maximum atomic E-state index is 12.8. The van der Waals surface area contributed by atoms with Crippen molar-refractivity contribution < 1.29 is 22.7 Å². The van der Waals surface area contributed by atoms with E-state index in [4.69, 9.17) is 4.74 Å². The number of nitrogens with one attached hydrogen (secondary N) is 1. The van der Waals surface area contributed by atoms with Gasteiger partial charge in [-0.05, 0) is 29.8 Å². The standard InChI is InChI=1S/C19H20F3N3O2/c20-19(21,22)16-3-1-14(2-4-16)17(25-9-11-27-12-10-25)13-24-18(26)15-5-7-23-8-6-15/h1-8,17H,9-13H2,(H,24,26)/t17-/m0/s1. The number of amides is 1. The molecule has 27 heavy (non-hydrogen) atoms. The molecule has 2 aromatic rings. The summed E-state index contributed by atoms with van der Waals surface area (Å²) in [4.78, 5) is 18.3. The van der Waals surface area contributed by atoms with Crippen molar-refractivity contribution in [3.05, 3.63) is 65.5 Å². The third-order valence-corrected chi connectivity index (χ3v) is 4.51. The first-order chi connectivity index (χ1) is 12.9. The highest BCUT2D eigenvalue weighted by Gasteiger charge is 2.31. The van der Waals surface area contributed by atoms with Gasteiger partial charge in [0, 0.05) is 37.6 Å². The number of carbonyl (C=O) groups is 1. The topological polar surface area (TPSA) is 54.5 Å². The molecule has 144 valence electrons. The second-order valence-electron chi connectivity index (χ2n) is 6.23. The summed E-state index contributed by atoms with van der Waals surface area (Å²) in [7, 11) is 0. The van der Waals surface area contributed by atoms with Crippen molar-refractivity contribution in [2.45, 2.75) is 12.2 Å². The van der Waals surface area contributed by atoms with Crippen LogP contribution in [0.1, 0.15) is 27.5 Å². The first-order valence-electron chi connectivity index (χ1n) is 8.62. The second-order valence-corrected chi connectivity index (χ2v) is 6.23. The largest absolute Gasteiger partial charge is 0.416 e. The Morgan fingerprint density at radius 2 is 1.74 bits per heavy atom. The zero-order valence-corrected chi connectivity index (χ0v) is 14.6. The van der Waals surface area contributed by atoms with E-state index in [0.717, 1.165) is 17.7 Å². The van der Waals surface area contributed by atoms with Gasteiger partial charge in [-0.25, -0.2) is 0 Å². The molecule has 3 rings (SSSR count). The summed E-state index contributed by atoms with van der Waals surface area (Å²) in [6, 6.07) is 8.08. The van der Waals surface area contributed by atoms with Gasteiger partial charge in [-0.1, -0.05) is 12.1 Å². The van der Waals surface area contributed by atoms with Crippen LogP contribution in [0.25, 0.3) is 0 Å². The van der Waals surface area contributed by atoms with E-state index < -0.39 is 11.7 Å². The number of nitrogens with zero attached hydrogens (tertiary/aromatic N) is 2. The summed E-state index contributed by atoms with van der Waals surface area (Å²) in [5.41, 5.74) is 0.519. The molecular formula is C19H20F3N3O2. The molecule has 2 heterocycles. The Balaban J connectivity index is 1.75. The fourth-order valence-corrected chi connectivity index (χ4v) is 3.04. The lowest BCUT2D eigenvalue weighted by Crippen LogP contribution is -2.43. The molecule has 0 unspecified atom stereocenters. The smallest absolute Gasteiger partial charge is 0.379 e. The van der Waals surface area contributed by atoms with Gasteiger partial charge in [-0.15, -0.1) is 0 Å². The predicted molar refractivity (Wildman–Crippen MR) is 93.1 cm³/mol. The third-order valence-electron chi connectivity index (χ3n) is 4.51. The number of carbonyl (C=O) groups excluding carboxylic acids is 1. The van der Waals surface area contributed by atoms with Gasteiger partial charge in [0.15, 0.2) is 0 Å². The van der Waals surface area contributed by atoms with Crippen molar-refractivity contribution in [2.24, 2.45) is 0 Å². The van der Waals surface area contributed by atoms with Crippen LogP contribution in [0.2, 0.25) is 0 Å². The molecule has 1 aliphatic rings. The van der Waals surface area contributed by atoms with Gasteiger partial charge < -0.3 is 10.1 Å². The van der Waals surface area contributed by atoms with E-state index in [1.807, 2.05) is 0 Å². The minimum absolute atomic E-state index is 0.234. The van der Waals surface area contributed by atoms with Crippen LogP contribution in [0.15, 0.2) is 48.8 Å². The Labute approximate surface area is 155 Å². The minimum atomic E-state index is -4.37. The van der Waals surface area contributed by atoms with Crippen molar-refractivity contribution in [3.8, 4) is 0 Å². The van der Waals surface area contributed by atoms with Gasteiger partial charge in [-0.3, -0.25) is 14.7 Å². The van der Waals surface area contributed by atoms with E-state index in [9.17, 15) is 18.0 Å². The van der Waals surface area contributed by atoms with Gasteiger partial charge in [0.1, 0.15) is 0 Å². The maximum absolute atomic E-state index is 12.8. The van der Waals surface area contributed by atoms with Crippen LogP contribution >= 0.6 is 0 Å². The van der Waals surface area contributed by atoms with Crippen LogP contribution in [0.3, 0.4) is 0 Å². The van der Waals surface area contributed by atoms with Crippen LogP contribution in [0, 0.1) is 0 Å². The average molecular weight is 379 g/mol. The lowest BCUT2D eigenvalue weighted by molar-refractivity contribution is -0.137. The van der Waals surface area contributed by atoms with Crippen LogP contribution in [0.5, 0.6) is 0 Å². The van der Waals surface area contributed by atoms with Crippen molar-refractivity contribution in [2.75, 3.05) is 32.8 Å². The highest BCUT2D eigenvalue weighted by Crippen LogP contribution is 2.31. The molecular weight excluding hydrogens is 359 g/mol. The first kappa shape index (κ1) is 19.3. The van der Waals surface area contributed by atoms with Crippen molar-refractivity contribution in [1.82, 2.24) is 15.2 Å². The van der Waals surface area contributed by atoms with Crippen LogP contribution < -0.4 is 5.32 Å². The van der Waals surface area contributed by atoms with E-state index in [0.29, 0.717) is 31.9 Å². The quantitative estimate of drug-likeness (QED) is 0.868. The number of aromatic nitrogens is 1. The maximum Gasteiger partial charge on any atom is 0.416 e. The van der Waals surface area contributed by atoms with Crippen LogP contribution in [-0.2, 0) is 10.9 Å². The number of benzene rings is 1. The average Bonchev–Trinajstić information content (AvgIpc) is 2.69. The van der Waals surface area contributed by atoms with E-state index in [2.05, 4.69) is 15.2 Å².